The van der Waals surface area contributed by atoms with Crippen LogP contribution in [0.3, 0.4) is 0 Å². The Balaban J connectivity index is 1.83. The standard InChI is InChI=1S/C18H25N3O/c1-14-6-10-21(11-7-14)9-3-8-20-18-12-16(13-19)4-5-17(18)15(2)22/h4-5,12,14,20H,3,6-11H2,1-2H3. The first-order chi connectivity index (χ1) is 10.6. The van der Waals surface area contributed by atoms with Crippen LogP contribution in [0.2, 0.25) is 0 Å². The van der Waals surface area contributed by atoms with Crippen molar-refractivity contribution in [3.05, 3.63) is 29.3 Å². The number of rotatable bonds is 6. The van der Waals surface area contributed by atoms with Crippen LogP contribution in [0.5, 0.6) is 0 Å². The fourth-order valence-corrected chi connectivity index (χ4v) is 2.88. The summed E-state index contributed by atoms with van der Waals surface area (Å²) in [7, 11) is 0. The number of hydrogen-bond donors (Lipinski definition) is 1. The minimum atomic E-state index is 0.0250. The third-order valence-electron chi connectivity index (χ3n) is 4.37. The van der Waals surface area contributed by atoms with Gasteiger partial charge in [0.1, 0.15) is 0 Å². The molecule has 0 unspecified atom stereocenters. The Bertz CT molecular complexity index is 554. The van der Waals surface area contributed by atoms with Crippen LogP contribution in [0.4, 0.5) is 5.69 Å². The molecule has 4 heteroatoms. The SMILES string of the molecule is CC(=O)c1ccc(C#N)cc1NCCCN1CCC(C)CC1. The molecule has 1 heterocycles. The molecule has 1 aromatic rings. The zero-order valence-corrected chi connectivity index (χ0v) is 13.6. The van der Waals surface area contributed by atoms with Crippen LogP contribution in [0.1, 0.15) is 49.0 Å². The highest BCUT2D eigenvalue weighted by Crippen LogP contribution is 2.19. The van der Waals surface area contributed by atoms with Gasteiger partial charge in [0.2, 0.25) is 0 Å². The van der Waals surface area contributed by atoms with E-state index in [0.717, 1.165) is 31.1 Å². The number of carbonyl (C=O) groups is 1. The van der Waals surface area contributed by atoms with E-state index in [1.165, 1.54) is 25.9 Å². The second-order valence-electron chi connectivity index (χ2n) is 6.23. The molecule has 0 aromatic heterocycles. The minimum absolute atomic E-state index is 0.0250. The molecule has 1 aliphatic rings. The maximum absolute atomic E-state index is 11.6. The smallest absolute Gasteiger partial charge is 0.161 e. The largest absolute Gasteiger partial charge is 0.384 e. The maximum atomic E-state index is 11.6. The van der Waals surface area contributed by atoms with E-state index in [1.807, 2.05) is 0 Å². The van der Waals surface area contributed by atoms with E-state index in [4.69, 9.17) is 5.26 Å². The van der Waals surface area contributed by atoms with E-state index in [9.17, 15) is 4.79 Å². The molecule has 0 amide bonds. The summed E-state index contributed by atoms with van der Waals surface area (Å²) in [6.45, 7) is 8.19. The molecule has 2 rings (SSSR count). The first-order valence-corrected chi connectivity index (χ1v) is 8.11. The van der Waals surface area contributed by atoms with Gasteiger partial charge in [0.25, 0.3) is 0 Å². The summed E-state index contributed by atoms with van der Waals surface area (Å²) in [5, 5.41) is 12.3. The van der Waals surface area contributed by atoms with Crippen molar-refractivity contribution in [1.82, 2.24) is 4.90 Å². The molecule has 1 aromatic carbocycles. The fourth-order valence-electron chi connectivity index (χ4n) is 2.88. The zero-order valence-electron chi connectivity index (χ0n) is 13.6. The minimum Gasteiger partial charge on any atom is -0.384 e. The molecule has 118 valence electrons. The Labute approximate surface area is 133 Å². The van der Waals surface area contributed by atoms with E-state index in [-0.39, 0.29) is 5.78 Å². The highest BCUT2D eigenvalue weighted by Gasteiger charge is 2.15. The molecule has 1 fully saturated rings. The molecule has 1 aliphatic heterocycles. The molecular weight excluding hydrogens is 274 g/mol. The normalized spacial score (nSPS) is 16.2. The molecule has 1 N–H and O–H groups in total. The highest BCUT2D eigenvalue weighted by molar-refractivity contribution is 5.99. The number of nitrogens with zero attached hydrogens (tertiary/aromatic N) is 2. The Kier molecular flexibility index (Phi) is 5.97. The molecular formula is C18H25N3O. The lowest BCUT2D eigenvalue weighted by Crippen LogP contribution is -2.34. The predicted octanol–water partition coefficient (Wildman–Crippen LogP) is 3.29. The number of benzene rings is 1. The number of Topliss-reactive ketones (excluding diaryl/α,β-unsaturated/α-hetero) is 1. The van der Waals surface area contributed by atoms with Crippen LogP contribution in [0, 0.1) is 17.2 Å². The number of likely N-dealkylation sites (tertiary alicyclic amines) is 1. The summed E-state index contributed by atoms with van der Waals surface area (Å²) in [5.41, 5.74) is 2.02. The first-order valence-electron chi connectivity index (χ1n) is 8.11. The van der Waals surface area contributed by atoms with Crippen LogP contribution in [-0.2, 0) is 0 Å². The fraction of sp³-hybridized carbons (Fsp3) is 0.556. The van der Waals surface area contributed by atoms with Gasteiger partial charge in [-0.2, -0.15) is 5.26 Å². The molecule has 0 aliphatic carbocycles. The summed E-state index contributed by atoms with van der Waals surface area (Å²) >= 11 is 0. The molecule has 0 spiro atoms. The van der Waals surface area contributed by atoms with Gasteiger partial charge >= 0.3 is 0 Å². The summed E-state index contributed by atoms with van der Waals surface area (Å²) in [6, 6.07) is 7.31. The Morgan fingerprint density at radius 1 is 1.41 bits per heavy atom. The second-order valence-corrected chi connectivity index (χ2v) is 6.23. The van der Waals surface area contributed by atoms with Gasteiger partial charge in [-0.05, 0) is 69.9 Å². The van der Waals surface area contributed by atoms with Gasteiger partial charge < -0.3 is 10.2 Å². The maximum Gasteiger partial charge on any atom is 0.161 e. The summed E-state index contributed by atoms with van der Waals surface area (Å²) < 4.78 is 0. The monoisotopic (exact) mass is 299 g/mol. The molecule has 0 radical (unpaired) electrons. The Morgan fingerprint density at radius 2 is 2.14 bits per heavy atom. The molecule has 0 bridgehead atoms. The number of nitriles is 1. The third-order valence-corrected chi connectivity index (χ3v) is 4.37. The first kappa shape index (κ1) is 16.5. The molecule has 22 heavy (non-hydrogen) atoms. The van der Waals surface area contributed by atoms with Crippen LogP contribution in [-0.4, -0.2) is 36.9 Å². The van der Waals surface area contributed by atoms with Crippen molar-refractivity contribution < 1.29 is 4.79 Å². The zero-order chi connectivity index (χ0) is 15.9. The number of anilines is 1. The summed E-state index contributed by atoms with van der Waals surface area (Å²) in [5.74, 6) is 0.887. The van der Waals surface area contributed by atoms with E-state index >= 15 is 0 Å². The van der Waals surface area contributed by atoms with Gasteiger partial charge in [0.15, 0.2) is 5.78 Å². The van der Waals surface area contributed by atoms with Crippen LogP contribution < -0.4 is 5.32 Å². The van der Waals surface area contributed by atoms with Gasteiger partial charge in [-0.1, -0.05) is 6.92 Å². The number of ketones is 1. The number of piperidine rings is 1. The van der Waals surface area contributed by atoms with Crippen molar-refractivity contribution in [3.63, 3.8) is 0 Å². The van der Waals surface area contributed by atoms with Crippen molar-refractivity contribution >= 4 is 11.5 Å². The van der Waals surface area contributed by atoms with Gasteiger partial charge in [-0.15, -0.1) is 0 Å². The molecule has 0 saturated carbocycles. The van der Waals surface area contributed by atoms with Gasteiger partial charge in [-0.3, -0.25) is 4.79 Å². The average molecular weight is 299 g/mol. The predicted molar refractivity (Wildman–Crippen MR) is 89.1 cm³/mol. The van der Waals surface area contributed by atoms with Crippen LogP contribution >= 0.6 is 0 Å². The van der Waals surface area contributed by atoms with Gasteiger partial charge in [0, 0.05) is 17.8 Å². The average Bonchev–Trinajstić information content (AvgIpc) is 2.52. The van der Waals surface area contributed by atoms with Crippen molar-refractivity contribution in [2.24, 2.45) is 5.92 Å². The number of carbonyl (C=O) groups excluding carboxylic acids is 1. The Hall–Kier alpha value is -1.86. The van der Waals surface area contributed by atoms with Gasteiger partial charge in [0.05, 0.1) is 11.6 Å². The Morgan fingerprint density at radius 3 is 2.77 bits per heavy atom. The van der Waals surface area contributed by atoms with E-state index < -0.39 is 0 Å². The lowest BCUT2D eigenvalue weighted by atomic mass is 9.99. The van der Waals surface area contributed by atoms with Gasteiger partial charge in [-0.25, -0.2) is 0 Å². The van der Waals surface area contributed by atoms with Crippen molar-refractivity contribution in [2.75, 3.05) is 31.5 Å². The molecule has 4 nitrogen and oxygen atoms in total. The van der Waals surface area contributed by atoms with E-state index in [1.54, 1.807) is 25.1 Å². The van der Waals surface area contributed by atoms with Crippen molar-refractivity contribution in [2.45, 2.75) is 33.1 Å². The molecule has 0 atom stereocenters. The highest BCUT2D eigenvalue weighted by atomic mass is 16.1. The summed E-state index contributed by atoms with van der Waals surface area (Å²) in [4.78, 5) is 14.2. The summed E-state index contributed by atoms with van der Waals surface area (Å²) in [6.07, 6.45) is 3.64. The molecule has 1 saturated heterocycles. The third kappa shape index (κ3) is 4.57. The van der Waals surface area contributed by atoms with E-state index in [2.05, 4.69) is 23.2 Å². The van der Waals surface area contributed by atoms with Crippen LogP contribution in [0.25, 0.3) is 0 Å². The second kappa shape index (κ2) is 7.95. The van der Waals surface area contributed by atoms with Crippen LogP contribution in [0.15, 0.2) is 18.2 Å². The quantitative estimate of drug-likeness (QED) is 0.647. The number of hydrogen-bond acceptors (Lipinski definition) is 4. The van der Waals surface area contributed by atoms with E-state index in [0.29, 0.717) is 11.1 Å². The van der Waals surface area contributed by atoms with Crippen molar-refractivity contribution in [1.29, 1.82) is 5.26 Å². The lowest BCUT2D eigenvalue weighted by Gasteiger charge is -2.30. The topological polar surface area (TPSA) is 56.1 Å². The van der Waals surface area contributed by atoms with Crippen molar-refractivity contribution in [3.8, 4) is 6.07 Å². The number of nitrogens with one attached hydrogen (secondary N) is 1. The lowest BCUT2D eigenvalue weighted by molar-refractivity contribution is 0.101.